The van der Waals surface area contributed by atoms with Gasteiger partial charge in [0.15, 0.2) is 5.78 Å². The quantitative estimate of drug-likeness (QED) is 0.718. The van der Waals surface area contributed by atoms with Gasteiger partial charge in [-0.2, -0.15) is 5.26 Å². The minimum atomic E-state index is 0.0345. The third-order valence-corrected chi connectivity index (χ3v) is 2.72. The van der Waals surface area contributed by atoms with Crippen molar-refractivity contribution in [1.82, 2.24) is 4.57 Å². The molecule has 1 aromatic carbocycles. The van der Waals surface area contributed by atoms with Crippen molar-refractivity contribution in [2.24, 2.45) is 0 Å². The van der Waals surface area contributed by atoms with Crippen LogP contribution in [0.3, 0.4) is 0 Å². The number of carbonyl (C=O) groups is 1. The fourth-order valence-corrected chi connectivity index (χ4v) is 2.03. The Morgan fingerprint density at radius 1 is 1.50 bits per heavy atom. The fourth-order valence-electron chi connectivity index (χ4n) is 2.03. The van der Waals surface area contributed by atoms with Crippen LogP contribution in [0.1, 0.15) is 22.8 Å². The van der Waals surface area contributed by atoms with Crippen LogP contribution in [-0.4, -0.2) is 10.4 Å². The summed E-state index contributed by atoms with van der Waals surface area (Å²) in [5.74, 6) is 0.0345. The zero-order chi connectivity index (χ0) is 11.7. The molecular formula is C13H12N2O. The number of fused-ring (bicyclic) bond motifs is 1. The minimum absolute atomic E-state index is 0.0345. The molecule has 0 saturated heterocycles. The molecule has 0 amide bonds. The van der Waals surface area contributed by atoms with E-state index in [0.29, 0.717) is 5.56 Å². The first-order valence-electron chi connectivity index (χ1n) is 5.11. The van der Waals surface area contributed by atoms with Gasteiger partial charge in [0.1, 0.15) is 6.54 Å². The standard InChI is InChI=1S/C13H12N2O/c1-9-4-3-5-11-12(10(2)16)8-15(7-6-14)13(9)11/h3-5,8H,7H2,1-2H3. The van der Waals surface area contributed by atoms with E-state index in [-0.39, 0.29) is 12.3 Å². The predicted octanol–water partition coefficient (Wildman–Crippen LogP) is 2.68. The molecule has 3 nitrogen and oxygen atoms in total. The third-order valence-electron chi connectivity index (χ3n) is 2.72. The highest BCUT2D eigenvalue weighted by Crippen LogP contribution is 2.24. The Morgan fingerprint density at radius 2 is 2.25 bits per heavy atom. The average Bonchev–Trinajstić information content (AvgIpc) is 2.59. The summed E-state index contributed by atoms with van der Waals surface area (Å²) in [6, 6.07) is 7.95. The highest BCUT2D eigenvalue weighted by atomic mass is 16.1. The first-order chi connectivity index (χ1) is 7.65. The van der Waals surface area contributed by atoms with Crippen LogP contribution < -0.4 is 0 Å². The molecule has 0 radical (unpaired) electrons. The molecule has 0 N–H and O–H groups in total. The second-order valence-electron chi connectivity index (χ2n) is 3.86. The molecular weight excluding hydrogens is 200 g/mol. The molecule has 0 atom stereocenters. The largest absolute Gasteiger partial charge is 0.333 e. The number of para-hydroxylation sites is 1. The molecule has 0 aliphatic carbocycles. The van der Waals surface area contributed by atoms with Crippen molar-refractivity contribution in [3.63, 3.8) is 0 Å². The van der Waals surface area contributed by atoms with Crippen LogP contribution in [0.15, 0.2) is 24.4 Å². The SMILES string of the molecule is CC(=O)c1cn(CC#N)c2c(C)cccc12. The molecule has 0 aliphatic rings. The number of ketones is 1. The van der Waals surface area contributed by atoms with Gasteiger partial charge in [-0.25, -0.2) is 0 Å². The molecule has 2 aromatic rings. The highest BCUT2D eigenvalue weighted by molar-refractivity contribution is 6.07. The molecule has 0 aliphatic heterocycles. The van der Waals surface area contributed by atoms with Crippen LogP contribution in [0.5, 0.6) is 0 Å². The van der Waals surface area contributed by atoms with E-state index >= 15 is 0 Å². The molecule has 0 saturated carbocycles. The normalized spacial score (nSPS) is 10.3. The van der Waals surface area contributed by atoms with Crippen molar-refractivity contribution in [1.29, 1.82) is 5.26 Å². The van der Waals surface area contributed by atoms with Gasteiger partial charge < -0.3 is 4.57 Å². The maximum absolute atomic E-state index is 11.5. The third kappa shape index (κ3) is 1.49. The van der Waals surface area contributed by atoms with Crippen molar-refractivity contribution in [3.8, 4) is 6.07 Å². The lowest BCUT2D eigenvalue weighted by molar-refractivity contribution is 0.101. The van der Waals surface area contributed by atoms with Gasteiger partial charge in [-0.3, -0.25) is 4.79 Å². The van der Waals surface area contributed by atoms with E-state index in [1.165, 1.54) is 0 Å². The number of Topliss-reactive ketones (excluding diaryl/α,β-unsaturated/α-hetero) is 1. The van der Waals surface area contributed by atoms with Crippen molar-refractivity contribution >= 4 is 16.7 Å². The number of benzene rings is 1. The van der Waals surface area contributed by atoms with E-state index in [1.807, 2.05) is 29.7 Å². The second kappa shape index (κ2) is 3.82. The average molecular weight is 212 g/mol. The van der Waals surface area contributed by atoms with Crippen LogP contribution in [0.4, 0.5) is 0 Å². The Bertz CT molecular complexity index is 602. The van der Waals surface area contributed by atoms with E-state index in [9.17, 15) is 4.79 Å². The molecule has 1 heterocycles. The minimum Gasteiger partial charge on any atom is -0.333 e. The summed E-state index contributed by atoms with van der Waals surface area (Å²) in [6.07, 6.45) is 1.77. The number of hydrogen-bond donors (Lipinski definition) is 0. The Labute approximate surface area is 93.9 Å². The van der Waals surface area contributed by atoms with Crippen LogP contribution in [0.25, 0.3) is 10.9 Å². The number of aryl methyl sites for hydroxylation is 1. The van der Waals surface area contributed by atoms with Gasteiger partial charge in [-0.15, -0.1) is 0 Å². The summed E-state index contributed by atoms with van der Waals surface area (Å²) in [7, 11) is 0. The summed E-state index contributed by atoms with van der Waals surface area (Å²) < 4.78 is 1.83. The van der Waals surface area contributed by atoms with Crippen molar-refractivity contribution in [2.75, 3.05) is 0 Å². The number of nitriles is 1. The van der Waals surface area contributed by atoms with Gasteiger partial charge in [0.25, 0.3) is 0 Å². The van der Waals surface area contributed by atoms with Gasteiger partial charge >= 0.3 is 0 Å². The summed E-state index contributed by atoms with van der Waals surface area (Å²) >= 11 is 0. The van der Waals surface area contributed by atoms with E-state index in [4.69, 9.17) is 5.26 Å². The summed E-state index contributed by atoms with van der Waals surface area (Å²) in [5, 5.41) is 9.70. The van der Waals surface area contributed by atoms with E-state index in [0.717, 1.165) is 16.5 Å². The maximum Gasteiger partial charge on any atom is 0.161 e. The Morgan fingerprint density at radius 3 is 2.88 bits per heavy atom. The molecule has 0 bridgehead atoms. The van der Waals surface area contributed by atoms with Crippen LogP contribution in [-0.2, 0) is 6.54 Å². The van der Waals surface area contributed by atoms with Gasteiger partial charge in [0.2, 0.25) is 0 Å². The Kier molecular flexibility index (Phi) is 2.49. The Balaban J connectivity index is 2.83. The molecule has 3 heteroatoms. The van der Waals surface area contributed by atoms with Crippen molar-refractivity contribution in [3.05, 3.63) is 35.5 Å². The van der Waals surface area contributed by atoms with Gasteiger partial charge in [0, 0.05) is 17.1 Å². The van der Waals surface area contributed by atoms with Crippen LogP contribution in [0, 0.1) is 18.3 Å². The van der Waals surface area contributed by atoms with Gasteiger partial charge in [0.05, 0.1) is 11.6 Å². The Hall–Kier alpha value is -2.08. The number of aromatic nitrogens is 1. The number of rotatable bonds is 2. The fraction of sp³-hybridized carbons (Fsp3) is 0.231. The lowest BCUT2D eigenvalue weighted by Gasteiger charge is -2.01. The monoisotopic (exact) mass is 212 g/mol. The maximum atomic E-state index is 11.5. The molecule has 80 valence electrons. The molecule has 0 spiro atoms. The molecule has 2 rings (SSSR count). The predicted molar refractivity (Wildman–Crippen MR) is 62.3 cm³/mol. The van der Waals surface area contributed by atoms with Crippen molar-refractivity contribution < 1.29 is 4.79 Å². The summed E-state index contributed by atoms with van der Waals surface area (Å²) in [4.78, 5) is 11.5. The topological polar surface area (TPSA) is 45.8 Å². The smallest absolute Gasteiger partial charge is 0.161 e. The van der Waals surface area contributed by atoms with E-state index in [2.05, 4.69) is 6.07 Å². The van der Waals surface area contributed by atoms with E-state index < -0.39 is 0 Å². The molecule has 16 heavy (non-hydrogen) atoms. The zero-order valence-corrected chi connectivity index (χ0v) is 9.32. The number of hydrogen-bond acceptors (Lipinski definition) is 2. The number of nitrogens with zero attached hydrogens (tertiary/aromatic N) is 2. The van der Waals surface area contributed by atoms with Crippen LogP contribution in [0.2, 0.25) is 0 Å². The molecule has 0 fully saturated rings. The summed E-state index contributed by atoms with van der Waals surface area (Å²) in [5.41, 5.74) is 2.75. The van der Waals surface area contributed by atoms with Crippen molar-refractivity contribution in [2.45, 2.75) is 20.4 Å². The van der Waals surface area contributed by atoms with Gasteiger partial charge in [-0.05, 0) is 19.4 Å². The zero-order valence-electron chi connectivity index (χ0n) is 9.32. The first-order valence-corrected chi connectivity index (χ1v) is 5.11. The number of carbonyl (C=O) groups excluding carboxylic acids is 1. The summed E-state index contributed by atoms with van der Waals surface area (Å²) in [6.45, 7) is 3.81. The second-order valence-corrected chi connectivity index (χ2v) is 3.86. The molecule has 0 unspecified atom stereocenters. The van der Waals surface area contributed by atoms with Gasteiger partial charge in [-0.1, -0.05) is 18.2 Å². The molecule has 1 aromatic heterocycles. The highest BCUT2D eigenvalue weighted by Gasteiger charge is 2.12. The van der Waals surface area contributed by atoms with Crippen LogP contribution >= 0.6 is 0 Å². The first kappa shape index (κ1) is 10.4. The van der Waals surface area contributed by atoms with E-state index in [1.54, 1.807) is 13.1 Å². The lowest BCUT2D eigenvalue weighted by atomic mass is 10.1. The lowest BCUT2D eigenvalue weighted by Crippen LogP contribution is -1.94.